The average Bonchev–Trinajstić information content (AvgIpc) is 3.23. The molecule has 0 bridgehead atoms. The van der Waals surface area contributed by atoms with Gasteiger partial charge in [0.1, 0.15) is 0 Å². The Balaban J connectivity index is 0.00000363. The average molecular weight is 576 g/mol. The number of rotatable bonds is 8. The SMILES string of the molecule is CCNC(=NCCc1nc(-c2cccc(Cl)c2)no1)NC1CCC(C(=O)OCC)CC1.I. The first-order valence-corrected chi connectivity index (χ1v) is 11.3. The van der Waals surface area contributed by atoms with E-state index in [1.807, 2.05) is 26.0 Å². The van der Waals surface area contributed by atoms with Crippen LogP contribution >= 0.6 is 35.6 Å². The molecule has 1 fully saturated rings. The third-order valence-electron chi connectivity index (χ3n) is 5.18. The minimum absolute atomic E-state index is 0. The van der Waals surface area contributed by atoms with E-state index < -0.39 is 0 Å². The van der Waals surface area contributed by atoms with Crippen LogP contribution in [0.4, 0.5) is 0 Å². The van der Waals surface area contributed by atoms with E-state index in [2.05, 4.69) is 25.8 Å². The topological polar surface area (TPSA) is 102 Å². The normalized spacial score (nSPS) is 18.5. The highest BCUT2D eigenvalue weighted by molar-refractivity contribution is 14.0. The van der Waals surface area contributed by atoms with Crippen LogP contribution in [0, 0.1) is 5.92 Å². The van der Waals surface area contributed by atoms with Crippen molar-refractivity contribution in [1.82, 2.24) is 20.8 Å². The number of esters is 1. The number of hydrogen-bond donors (Lipinski definition) is 2. The second kappa shape index (κ2) is 13.6. The van der Waals surface area contributed by atoms with Gasteiger partial charge in [-0.2, -0.15) is 4.98 Å². The van der Waals surface area contributed by atoms with E-state index in [1.165, 1.54) is 0 Å². The van der Waals surface area contributed by atoms with E-state index in [0.29, 0.717) is 42.4 Å². The van der Waals surface area contributed by atoms with Crippen molar-refractivity contribution in [2.45, 2.75) is 52.0 Å². The van der Waals surface area contributed by atoms with E-state index in [4.69, 9.17) is 20.9 Å². The van der Waals surface area contributed by atoms with Crippen LogP contribution in [-0.2, 0) is 16.0 Å². The van der Waals surface area contributed by atoms with Crippen LogP contribution in [0.3, 0.4) is 0 Å². The zero-order valence-electron chi connectivity index (χ0n) is 18.5. The van der Waals surface area contributed by atoms with Crippen LogP contribution < -0.4 is 10.6 Å². The molecule has 0 spiro atoms. The van der Waals surface area contributed by atoms with E-state index >= 15 is 0 Å². The molecule has 0 amide bonds. The molecule has 1 aliphatic rings. The summed E-state index contributed by atoms with van der Waals surface area (Å²) in [5.74, 6) is 1.76. The highest BCUT2D eigenvalue weighted by Crippen LogP contribution is 2.25. The maximum absolute atomic E-state index is 11.9. The lowest BCUT2D eigenvalue weighted by molar-refractivity contribution is -0.149. The molecule has 10 heteroatoms. The summed E-state index contributed by atoms with van der Waals surface area (Å²) in [6, 6.07) is 7.65. The van der Waals surface area contributed by atoms with Gasteiger partial charge in [-0.25, -0.2) is 0 Å². The standard InChI is InChI=1S/C22H30ClN5O3.HI/c1-3-24-22(26-18-10-8-15(9-11-18)21(29)30-4-2)25-13-12-19-27-20(28-31-19)16-6-5-7-17(23)14-16;/h5-7,14-15,18H,3-4,8-13H2,1-2H3,(H2,24,25,26);1H. The van der Waals surface area contributed by atoms with Gasteiger partial charge in [0, 0.05) is 29.6 Å². The number of aliphatic imine (C=N–C) groups is 1. The van der Waals surface area contributed by atoms with Crippen molar-refractivity contribution in [3.63, 3.8) is 0 Å². The summed E-state index contributed by atoms with van der Waals surface area (Å²) >= 11 is 6.03. The molecular weight excluding hydrogens is 545 g/mol. The zero-order chi connectivity index (χ0) is 22.1. The molecule has 0 unspecified atom stereocenters. The summed E-state index contributed by atoms with van der Waals surface area (Å²) in [7, 11) is 0. The minimum Gasteiger partial charge on any atom is -0.466 e. The number of carbonyl (C=O) groups is 1. The van der Waals surface area contributed by atoms with Crippen molar-refractivity contribution in [2.75, 3.05) is 19.7 Å². The first-order valence-electron chi connectivity index (χ1n) is 10.9. The van der Waals surface area contributed by atoms with Gasteiger partial charge in [-0.15, -0.1) is 24.0 Å². The van der Waals surface area contributed by atoms with Crippen molar-refractivity contribution < 1.29 is 14.1 Å². The highest BCUT2D eigenvalue weighted by atomic mass is 127. The molecule has 176 valence electrons. The number of halogens is 2. The molecule has 0 radical (unpaired) electrons. The van der Waals surface area contributed by atoms with Gasteiger partial charge < -0.3 is 19.9 Å². The first-order chi connectivity index (χ1) is 15.1. The summed E-state index contributed by atoms with van der Waals surface area (Å²) in [6.45, 7) is 5.60. The van der Waals surface area contributed by atoms with Crippen molar-refractivity contribution in [2.24, 2.45) is 10.9 Å². The number of benzene rings is 1. The molecule has 1 saturated carbocycles. The molecule has 2 N–H and O–H groups in total. The Kier molecular flexibility index (Phi) is 11.2. The van der Waals surface area contributed by atoms with Crippen molar-refractivity contribution in [3.8, 4) is 11.4 Å². The van der Waals surface area contributed by atoms with Crippen molar-refractivity contribution >= 4 is 47.5 Å². The minimum atomic E-state index is -0.0711. The lowest BCUT2D eigenvalue weighted by Crippen LogP contribution is -2.45. The smallest absolute Gasteiger partial charge is 0.308 e. The molecule has 1 aromatic carbocycles. The van der Waals surface area contributed by atoms with Gasteiger partial charge in [0.05, 0.1) is 19.1 Å². The van der Waals surface area contributed by atoms with Crippen LogP contribution in [0.2, 0.25) is 5.02 Å². The summed E-state index contributed by atoms with van der Waals surface area (Å²) in [4.78, 5) is 21.0. The summed E-state index contributed by atoms with van der Waals surface area (Å²) in [5, 5.41) is 11.4. The molecule has 1 aromatic heterocycles. The number of aromatic nitrogens is 2. The van der Waals surface area contributed by atoms with Crippen molar-refractivity contribution in [3.05, 3.63) is 35.2 Å². The van der Waals surface area contributed by atoms with Crippen LogP contribution in [-0.4, -0.2) is 47.8 Å². The maximum Gasteiger partial charge on any atom is 0.308 e. The van der Waals surface area contributed by atoms with E-state index in [9.17, 15) is 4.79 Å². The van der Waals surface area contributed by atoms with E-state index in [1.54, 1.807) is 12.1 Å². The molecule has 1 heterocycles. The van der Waals surface area contributed by atoms with Gasteiger partial charge in [-0.1, -0.05) is 28.9 Å². The predicted octanol–water partition coefficient (Wildman–Crippen LogP) is 4.23. The van der Waals surface area contributed by atoms with E-state index in [0.717, 1.165) is 43.8 Å². The first kappa shape index (κ1) is 26.4. The molecule has 0 atom stereocenters. The second-order valence-corrected chi connectivity index (χ2v) is 7.91. The Morgan fingerprint density at radius 3 is 2.75 bits per heavy atom. The lowest BCUT2D eigenvalue weighted by Gasteiger charge is -2.29. The Bertz CT molecular complexity index is 884. The Hall–Kier alpha value is -1.88. The molecule has 2 aromatic rings. The van der Waals surface area contributed by atoms with Crippen LogP contribution in [0.5, 0.6) is 0 Å². The number of carbonyl (C=O) groups excluding carboxylic acids is 1. The number of guanidine groups is 1. The fourth-order valence-corrected chi connectivity index (χ4v) is 3.80. The third-order valence-corrected chi connectivity index (χ3v) is 5.41. The predicted molar refractivity (Wildman–Crippen MR) is 135 cm³/mol. The van der Waals surface area contributed by atoms with Gasteiger partial charge in [0.15, 0.2) is 5.96 Å². The van der Waals surface area contributed by atoms with E-state index in [-0.39, 0.29) is 35.9 Å². The van der Waals surface area contributed by atoms with Gasteiger partial charge in [0.25, 0.3) is 0 Å². The molecule has 1 aliphatic carbocycles. The largest absolute Gasteiger partial charge is 0.466 e. The van der Waals surface area contributed by atoms with Crippen LogP contribution in [0.1, 0.15) is 45.4 Å². The third kappa shape index (κ3) is 7.91. The Labute approximate surface area is 210 Å². The summed E-state index contributed by atoms with van der Waals surface area (Å²) in [6.07, 6.45) is 4.05. The molecule has 0 aliphatic heterocycles. The number of hydrogen-bond acceptors (Lipinski definition) is 6. The molecule has 0 saturated heterocycles. The lowest BCUT2D eigenvalue weighted by atomic mass is 9.86. The van der Waals surface area contributed by atoms with Gasteiger partial charge in [-0.3, -0.25) is 9.79 Å². The van der Waals surface area contributed by atoms with Crippen molar-refractivity contribution in [1.29, 1.82) is 0 Å². The highest BCUT2D eigenvalue weighted by Gasteiger charge is 2.27. The summed E-state index contributed by atoms with van der Waals surface area (Å²) in [5.41, 5.74) is 0.819. The molecule has 8 nitrogen and oxygen atoms in total. The van der Waals surface area contributed by atoms with Crippen LogP contribution in [0.25, 0.3) is 11.4 Å². The monoisotopic (exact) mass is 575 g/mol. The summed E-state index contributed by atoms with van der Waals surface area (Å²) < 4.78 is 10.5. The zero-order valence-corrected chi connectivity index (χ0v) is 21.6. The number of nitrogens with zero attached hydrogens (tertiary/aromatic N) is 3. The Morgan fingerprint density at radius 2 is 2.06 bits per heavy atom. The quantitative estimate of drug-likeness (QED) is 0.210. The Morgan fingerprint density at radius 1 is 1.28 bits per heavy atom. The molecular formula is C22H31ClIN5O3. The van der Waals surface area contributed by atoms with Gasteiger partial charge >= 0.3 is 5.97 Å². The van der Waals surface area contributed by atoms with Gasteiger partial charge in [-0.05, 0) is 51.7 Å². The fraction of sp³-hybridized carbons (Fsp3) is 0.545. The second-order valence-electron chi connectivity index (χ2n) is 7.48. The fourth-order valence-electron chi connectivity index (χ4n) is 3.61. The number of ether oxygens (including phenoxy) is 1. The van der Waals surface area contributed by atoms with Gasteiger partial charge in [0.2, 0.25) is 11.7 Å². The molecule has 32 heavy (non-hydrogen) atoms. The maximum atomic E-state index is 11.9. The number of nitrogens with one attached hydrogen (secondary N) is 2. The van der Waals surface area contributed by atoms with Crippen LogP contribution in [0.15, 0.2) is 33.8 Å². The molecule has 3 rings (SSSR count).